The summed E-state index contributed by atoms with van der Waals surface area (Å²) in [6.45, 7) is 3.42. The summed E-state index contributed by atoms with van der Waals surface area (Å²) >= 11 is 1.11. The molecule has 2 aromatic carbocycles. The van der Waals surface area contributed by atoms with Gasteiger partial charge in [-0.05, 0) is 31.5 Å². The van der Waals surface area contributed by atoms with Crippen LogP contribution in [-0.4, -0.2) is 39.3 Å². The van der Waals surface area contributed by atoms with E-state index in [0.29, 0.717) is 42.2 Å². The average molecular weight is 442 g/mol. The van der Waals surface area contributed by atoms with Crippen LogP contribution in [0.2, 0.25) is 0 Å². The largest absolute Gasteiger partial charge is 0.382 e. The molecule has 1 aromatic heterocycles. The molecule has 1 N–H and O–H groups in total. The van der Waals surface area contributed by atoms with Crippen molar-refractivity contribution in [1.82, 2.24) is 9.55 Å². The standard InChI is InChI=1S/C21H22N4O5S/c1-2-30-13-7-12-24-20(27)15-8-3-4-9-16(15)23-21(24)31-14-19(26)22-17-10-5-6-11-18(17)25(28)29/h3-6,8-11H,2,7,12-14H2,1H3,(H,22,26). The number of nitro groups is 1. The van der Waals surface area contributed by atoms with Gasteiger partial charge in [0.25, 0.3) is 11.2 Å². The van der Waals surface area contributed by atoms with Gasteiger partial charge in [-0.3, -0.25) is 24.3 Å². The quantitative estimate of drug-likeness (QED) is 0.168. The maximum atomic E-state index is 13.0. The first-order valence-electron chi connectivity index (χ1n) is 9.74. The second-order valence-electron chi connectivity index (χ2n) is 6.53. The topological polar surface area (TPSA) is 116 Å². The Morgan fingerprint density at radius 3 is 2.74 bits per heavy atom. The number of carbonyl (C=O) groups is 1. The third kappa shape index (κ3) is 5.68. The highest BCUT2D eigenvalue weighted by Gasteiger charge is 2.17. The fourth-order valence-electron chi connectivity index (χ4n) is 2.98. The Bertz CT molecular complexity index is 1150. The molecule has 0 fully saturated rings. The van der Waals surface area contributed by atoms with Gasteiger partial charge in [-0.25, -0.2) is 4.98 Å². The van der Waals surface area contributed by atoms with E-state index in [0.717, 1.165) is 11.8 Å². The number of carbonyl (C=O) groups excluding carboxylic acids is 1. The molecule has 1 amide bonds. The zero-order valence-electron chi connectivity index (χ0n) is 16.9. The summed E-state index contributed by atoms with van der Waals surface area (Å²) in [6, 6.07) is 13.0. The first kappa shape index (κ1) is 22.4. The fourth-order valence-corrected chi connectivity index (χ4v) is 3.80. The second-order valence-corrected chi connectivity index (χ2v) is 7.47. The van der Waals surface area contributed by atoms with Crippen LogP contribution in [0.1, 0.15) is 13.3 Å². The number of amides is 1. The van der Waals surface area contributed by atoms with Gasteiger partial charge in [0.05, 0.1) is 21.6 Å². The van der Waals surface area contributed by atoms with Gasteiger partial charge in [0, 0.05) is 25.8 Å². The molecular formula is C21H22N4O5S. The first-order valence-corrected chi connectivity index (χ1v) is 10.7. The minimum Gasteiger partial charge on any atom is -0.382 e. The van der Waals surface area contributed by atoms with E-state index >= 15 is 0 Å². The Morgan fingerprint density at radius 2 is 1.97 bits per heavy atom. The van der Waals surface area contributed by atoms with Crippen molar-refractivity contribution < 1.29 is 14.5 Å². The van der Waals surface area contributed by atoms with Crippen LogP contribution in [-0.2, 0) is 16.1 Å². The number of hydrogen-bond acceptors (Lipinski definition) is 7. The third-order valence-electron chi connectivity index (χ3n) is 4.41. The molecule has 0 radical (unpaired) electrons. The Morgan fingerprint density at radius 1 is 1.23 bits per heavy atom. The van der Waals surface area contributed by atoms with Gasteiger partial charge < -0.3 is 10.1 Å². The lowest BCUT2D eigenvalue weighted by molar-refractivity contribution is -0.383. The minimum absolute atomic E-state index is 0.0533. The molecule has 0 spiro atoms. The molecule has 0 bridgehead atoms. The van der Waals surface area contributed by atoms with Crippen molar-refractivity contribution in [1.29, 1.82) is 0 Å². The molecule has 3 aromatic rings. The number of fused-ring (bicyclic) bond motifs is 1. The normalized spacial score (nSPS) is 10.9. The lowest BCUT2D eigenvalue weighted by Crippen LogP contribution is -2.25. The van der Waals surface area contributed by atoms with Gasteiger partial charge >= 0.3 is 0 Å². The summed E-state index contributed by atoms with van der Waals surface area (Å²) in [5.41, 5.74) is 0.315. The predicted octanol–water partition coefficient (Wildman–Crippen LogP) is 3.46. The van der Waals surface area contributed by atoms with Crippen LogP contribution in [0.25, 0.3) is 10.9 Å². The van der Waals surface area contributed by atoms with Crippen LogP contribution in [0.5, 0.6) is 0 Å². The zero-order chi connectivity index (χ0) is 22.2. The Labute approximate surface area is 182 Å². The molecule has 10 heteroatoms. The first-order chi connectivity index (χ1) is 15.0. The average Bonchev–Trinajstić information content (AvgIpc) is 2.77. The zero-order valence-corrected chi connectivity index (χ0v) is 17.8. The fraction of sp³-hybridized carbons (Fsp3) is 0.286. The molecule has 3 rings (SSSR count). The number of para-hydroxylation sites is 3. The molecule has 9 nitrogen and oxygen atoms in total. The lowest BCUT2D eigenvalue weighted by atomic mass is 10.2. The molecule has 0 aliphatic heterocycles. The van der Waals surface area contributed by atoms with Crippen molar-refractivity contribution in [2.75, 3.05) is 24.3 Å². The number of nitrogens with zero attached hydrogens (tertiary/aromatic N) is 3. The number of nitrogens with one attached hydrogen (secondary N) is 1. The van der Waals surface area contributed by atoms with Crippen molar-refractivity contribution >= 4 is 39.9 Å². The highest BCUT2D eigenvalue weighted by Crippen LogP contribution is 2.24. The monoisotopic (exact) mass is 442 g/mol. The van der Waals surface area contributed by atoms with E-state index in [2.05, 4.69) is 10.3 Å². The number of benzene rings is 2. The van der Waals surface area contributed by atoms with Crippen LogP contribution < -0.4 is 10.9 Å². The number of hydrogen-bond donors (Lipinski definition) is 1. The molecule has 0 saturated heterocycles. The number of thioether (sulfide) groups is 1. The van der Waals surface area contributed by atoms with Gasteiger partial charge in [-0.2, -0.15) is 0 Å². The summed E-state index contributed by atoms with van der Waals surface area (Å²) in [4.78, 5) is 40.5. The molecule has 31 heavy (non-hydrogen) atoms. The van der Waals surface area contributed by atoms with Crippen molar-refractivity contribution in [3.05, 3.63) is 69.0 Å². The van der Waals surface area contributed by atoms with E-state index < -0.39 is 10.8 Å². The van der Waals surface area contributed by atoms with E-state index in [9.17, 15) is 19.7 Å². The van der Waals surface area contributed by atoms with E-state index in [1.807, 2.05) is 6.92 Å². The molecular weight excluding hydrogens is 420 g/mol. The SMILES string of the molecule is CCOCCCn1c(SCC(=O)Nc2ccccc2[N+](=O)[O-])nc2ccccc2c1=O. The highest BCUT2D eigenvalue weighted by atomic mass is 32.2. The second kappa shape index (κ2) is 10.7. The number of anilines is 1. The predicted molar refractivity (Wildman–Crippen MR) is 120 cm³/mol. The van der Waals surface area contributed by atoms with Crippen molar-refractivity contribution in [2.45, 2.75) is 25.0 Å². The summed E-state index contributed by atoms with van der Waals surface area (Å²) < 4.78 is 6.90. The molecule has 1 heterocycles. The Hall–Kier alpha value is -3.24. The van der Waals surface area contributed by atoms with Gasteiger partial charge in [0.15, 0.2) is 5.16 Å². The van der Waals surface area contributed by atoms with E-state index in [1.54, 1.807) is 34.9 Å². The number of rotatable bonds is 10. The Kier molecular flexibility index (Phi) is 7.74. The van der Waals surface area contributed by atoms with Gasteiger partial charge in [0.2, 0.25) is 5.91 Å². The van der Waals surface area contributed by atoms with Crippen LogP contribution in [0.15, 0.2) is 58.5 Å². The number of aromatic nitrogens is 2. The van der Waals surface area contributed by atoms with Crippen molar-refractivity contribution in [3.63, 3.8) is 0 Å². The number of nitro benzene ring substituents is 1. The van der Waals surface area contributed by atoms with Crippen LogP contribution in [0.4, 0.5) is 11.4 Å². The molecule has 0 unspecified atom stereocenters. The molecule has 162 valence electrons. The minimum atomic E-state index is -0.552. The third-order valence-corrected chi connectivity index (χ3v) is 5.38. The molecule has 0 atom stereocenters. The summed E-state index contributed by atoms with van der Waals surface area (Å²) in [5.74, 6) is -0.481. The van der Waals surface area contributed by atoms with Crippen LogP contribution in [0, 0.1) is 10.1 Å². The maximum absolute atomic E-state index is 13.0. The van der Waals surface area contributed by atoms with E-state index in [1.165, 1.54) is 18.2 Å². The summed E-state index contributed by atoms with van der Waals surface area (Å²) in [5, 5.41) is 14.6. The summed E-state index contributed by atoms with van der Waals surface area (Å²) in [7, 11) is 0. The maximum Gasteiger partial charge on any atom is 0.292 e. The molecule has 0 aliphatic carbocycles. The van der Waals surface area contributed by atoms with E-state index in [-0.39, 0.29) is 22.7 Å². The van der Waals surface area contributed by atoms with Crippen LogP contribution in [0.3, 0.4) is 0 Å². The van der Waals surface area contributed by atoms with Crippen molar-refractivity contribution in [3.8, 4) is 0 Å². The lowest BCUT2D eigenvalue weighted by Gasteiger charge is -2.13. The van der Waals surface area contributed by atoms with Gasteiger partial charge in [-0.1, -0.05) is 36.0 Å². The van der Waals surface area contributed by atoms with Crippen LogP contribution >= 0.6 is 11.8 Å². The number of ether oxygens (including phenoxy) is 1. The smallest absolute Gasteiger partial charge is 0.292 e. The Balaban J connectivity index is 1.79. The van der Waals surface area contributed by atoms with E-state index in [4.69, 9.17) is 4.74 Å². The summed E-state index contributed by atoms with van der Waals surface area (Å²) in [6.07, 6.45) is 0.629. The molecule has 0 aliphatic rings. The van der Waals surface area contributed by atoms with Crippen molar-refractivity contribution in [2.24, 2.45) is 0 Å². The van der Waals surface area contributed by atoms with Gasteiger partial charge in [0.1, 0.15) is 5.69 Å². The molecule has 0 saturated carbocycles. The highest BCUT2D eigenvalue weighted by molar-refractivity contribution is 7.99. The van der Waals surface area contributed by atoms with Gasteiger partial charge in [-0.15, -0.1) is 0 Å².